The van der Waals surface area contributed by atoms with Gasteiger partial charge >= 0.3 is 0 Å². The SMILES string of the molecule is CCOc1ccc(CNC(=O)c2ccc(C[S@@](=O)c3ccc(Cl)cc3)o2)cc1. The minimum Gasteiger partial charge on any atom is -0.494 e. The van der Waals surface area contributed by atoms with Gasteiger partial charge < -0.3 is 14.5 Å². The van der Waals surface area contributed by atoms with Crippen LogP contribution >= 0.6 is 11.6 Å². The maximum atomic E-state index is 12.4. The van der Waals surface area contributed by atoms with Gasteiger partial charge in [-0.05, 0) is 61.0 Å². The number of furan rings is 1. The van der Waals surface area contributed by atoms with Crippen LogP contribution in [0.1, 0.15) is 28.8 Å². The Labute approximate surface area is 171 Å². The lowest BCUT2D eigenvalue weighted by Gasteiger charge is -2.06. The zero-order chi connectivity index (χ0) is 19.9. The molecule has 3 aromatic rings. The predicted molar refractivity (Wildman–Crippen MR) is 109 cm³/mol. The molecular weight excluding hydrogens is 398 g/mol. The smallest absolute Gasteiger partial charge is 0.287 e. The number of benzene rings is 2. The van der Waals surface area contributed by atoms with Gasteiger partial charge in [0.2, 0.25) is 0 Å². The van der Waals surface area contributed by atoms with Gasteiger partial charge in [-0.2, -0.15) is 0 Å². The van der Waals surface area contributed by atoms with Crippen molar-refractivity contribution in [3.63, 3.8) is 0 Å². The summed E-state index contributed by atoms with van der Waals surface area (Å²) in [5.74, 6) is 1.33. The van der Waals surface area contributed by atoms with Crippen molar-refractivity contribution in [3.05, 3.63) is 82.8 Å². The summed E-state index contributed by atoms with van der Waals surface area (Å²) >= 11 is 5.84. The molecule has 0 saturated carbocycles. The zero-order valence-corrected chi connectivity index (χ0v) is 16.9. The van der Waals surface area contributed by atoms with Gasteiger partial charge in [0, 0.05) is 16.5 Å². The van der Waals surface area contributed by atoms with E-state index in [-0.39, 0.29) is 17.4 Å². The molecule has 1 N–H and O–H groups in total. The number of nitrogens with one attached hydrogen (secondary N) is 1. The van der Waals surface area contributed by atoms with Crippen LogP contribution in [0, 0.1) is 0 Å². The summed E-state index contributed by atoms with van der Waals surface area (Å²) in [5, 5.41) is 3.40. The first-order valence-corrected chi connectivity index (χ1v) is 10.5. The summed E-state index contributed by atoms with van der Waals surface area (Å²) in [5.41, 5.74) is 0.951. The molecule has 0 fully saturated rings. The van der Waals surface area contributed by atoms with Crippen molar-refractivity contribution >= 4 is 28.3 Å². The Kier molecular flexibility index (Phi) is 6.90. The number of halogens is 1. The molecule has 0 aliphatic rings. The Morgan fingerprint density at radius 2 is 1.79 bits per heavy atom. The van der Waals surface area contributed by atoms with E-state index in [2.05, 4.69) is 5.32 Å². The highest BCUT2D eigenvalue weighted by molar-refractivity contribution is 7.84. The second kappa shape index (κ2) is 9.57. The van der Waals surface area contributed by atoms with Gasteiger partial charge in [0.1, 0.15) is 11.5 Å². The fraction of sp³-hybridized carbons (Fsp3) is 0.190. The van der Waals surface area contributed by atoms with Crippen molar-refractivity contribution in [1.82, 2.24) is 5.32 Å². The molecule has 1 amide bonds. The van der Waals surface area contributed by atoms with Crippen LogP contribution in [-0.2, 0) is 23.1 Å². The van der Waals surface area contributed by atoms with E-state index in [4.69, 9.17) is 20.8 Å². The highest BCUT2D eigenvalue weighted by atomic mass is 35.5. The van der Waals surface area contributed by atoms with E-state index in [0.717, 1.165) is 11.3 Å². The van der Waals surface area contributed by atoms with E-state index in [1.165, 1.54) is 0 Å². The van der Waals surface area contributed by atoms with Crippen LogP contribution in [-0.4, -0.2) is 16.7 Å². The Balaban J connectivity index is 1.54. The summed E-state index contributed by atoms with van der Waals surface area (Å²) in [6.07, 6.45) is 0. The van der Waals surface area contributed by atoms with Crippen LogP contribution < -0.4 is 10.1 Å². The first kappa shape index (κ1) is 20.2. The van der Waals surface area contributed by atoms with Crippen LogP contribution in [0.15, 0.2) is 70.0 Å². The van der Waals surface area contributed by atoms with Crippen LogP contribution in [0.4, 0.5) is 0 Å². The summed E-state index contributed by atoms with van der Waals surface area (Å²) in [7, 11) is -1.28. The second-order valence-electron chi connectivity index (χ2n) is 5.97. The summed E-state index contributed by atoms with van der Waals surface area (Å²) in [6.45, 7) is 2.91. The molecule has 0 unspecified atom stereocenters. The van der Waals surface area contributed by atoms with Crippen LogP contribution in [0.5, 0.6) is 5.75 Å². The summed E-state index contributed by atoms with van der Waals surface area (Å²) in [4.78, 5) is 12.9. The number of rotatable bonds is 8. The standard InChI is InChI=1S/C21H20ClNO4S/c1-2-26-17-7-3-15(4-8-17)13-23-21(24)20-12-9-18(27-20)14-28(25)19-10-5-16(22)6-11-19/h3-12H,2,13-14H2,1H3,(H,23,24)/t28-/m1/s1. The lowest BCUT2D eigenvalue weighted by Crippen LogP contribution is -2.22. The van der Waals surface area contributed by atoms with Gasteiger partial charge in [-0.1, -0.05) is 23.7 Å². The van der Waals surface area contributed by atoms with Crippen LogP contribution in [0.2, 0.25) is 5.02 Å². The molecule has 2 aromatic carbocycles. The van der Waals surface area contributed by atoms with E-state index in [0.29, 0.717) is 28.8 Å². The average Bonchev–Trinajstić information content (AvgIpc) is 3.16. The summed E-state index contributed by atoms with van der Waals surface area (Å²) < 4.78 is 23.3. The molecule has 1 aromatic heterocycles. The summed E-state index contributed by atoms with van der Waals surface area (Å²) in [6, 6.07) is 17.6. The van der Waals surface area contributed by atoms with E-state index in [9.17, 15) is 9.00 Å². The highest BCUT2D eigenvalue weighted by Gasteiger charge is 2.13. The predicted octanol–water partition coefficient (Wildman–Crippen LogP) is 4.57. The van der Waals surface area contributed by atoms with Crippen LogP contribution in [0.25, 0.3) is 0 Å². The highest BCUT2D eigenvalue weighted by Crippen LogP contribution is 2.18. The van der Waals surface area contributed by atoms with Gasteiger partial charge in [-0.15, -0.1) is 0 Å². The fourth-order valence-electron chi connectivity index (χ4n) is 2.52. The third-order valence-corrected chi connectivity index (χ3v) is 5.52. The molecule has 0 saturated heterocycles. The first-order chi connectivity index (χ1) is 13.5. The lowest BCUT2D eigenvalue weighted by molar-refractivity contribution is 0.0921. The Bertz CT molecular complexity index is 951. The molecule has 0 spiro atoms. The molecule has 0 bridgehead atoms. The molecule has 1 atom stereocenters. The Morgan fingerprint density at radius 1 is 1.07 bits per heavy atom. The van der Waals surface area contributed by atoms with Gasteiger partial charge in [-0.25, -0.2) is 0 Å². The second-order valence-corrected chi connectivity index (χ2v) is 7.86. The minimum atomic E-state index is -1.28. The van der Waals surface area contributed by atoms with Gasteiger partial charge in [0.05, 0.1) is 23.2 Å². The third-order valence-electron chi connectivity index (χ3n) is 3.92. The molecule has 0 aliphatic heterocycles. The number of carbonyl (C=O) groups is 1. The normalized spacial score (nSPS) is 11.8. The Morgan fingerprint density at radius 3 is 2.46 bits per heavy atom. The number of hydrogen-bond acceptors (Lipinski definition) is 4. The molecule has 5 nitrogen and oxygen atoms in total. The average molecular weight is 418 g/mol. The molecule has 28 heavy (non-hydrogen) atoms. The quantitative estimate of drug-likeness (QED) is 0.583. The van der Waals surface area contributed by atoms with Crippen molar-refractivity contribution < 1.29 is 18.2 Å². The third kappa shape index (κ3) is 5.47. The number of ether oxygens (including phenoxy) is 1. The van der Waals surface area contributed by atoms with E-state index in [1.54, 1.807) is 36.4 Å². The van der Waals surface area contributed by atoms with Gasteiger partial charge in [0.15, 0.2) is 5.76 Å². The molecule has 7 heteroatoms. The van der Waals surface area contributed by atoms with Gasteiger partial charge in [0.25, 0.3) is 5.91 Å². The van der Waals surface area contributed by atoms with Gasteiger partial charge in [-0.3, -0.25) is 9.00 Å². The monoisotopic (exact) mass is 417 g/mol. The van der Waals surface area contributed by atoms with Crippen molar-refractivity contribution in [2.75, 3.05) is 6.61 Å². The molecular formula is C21H20ClNO4S. The maximum Gasteiger partial charge on any atom is 0.287 e. The molecule has 3 rings (SSSR count). The number of hydrogen-bond donors (Lipinski definition) is 1. The first-order valence-electron chi connectivity index (χ1n) is 8.77. The fourth-order valence-corrected chi connectivity index (χ4v) is 3.66. The topological polar surface area (TPSA) is 68.5 Å². The number of carbonyl (C=O) groups excluding carboxylic acids is 1. The van der Waals surface area contributed by atoms with Crippen LogP contribution in [0.3, 0.4) is 0 Å². The molecule has 0 radical (unpaired) electrons. The maximum absolute atomic E-state index is 12.4. The lowest BCUT2D eigenvalue weighted by atomic mass is 10.2. The minimum absolute atomic E-state index is 0.188. The molecule has 0 aliphatic carbocycles. The van der Waals surface area contributed by atoms with E-state index < -0.39 is 10.8 Å². The van der Waals surface area contributed by atoms with E-state index in [1.807, 2.05) is 31.2 Å². The van der Waals surface area contributed by atoms with Crippen molar-refractivity contribution in [3.8, 4) is 5.75 Å². The largest absolute Gasteiger partial charge is 0.494 e. The van der Waals surface area contributed by atoms with Crippen molar-refractivity contribution in [2.45, 2.75) is 24.1 Å². The zero-order valence-electron chi connectivity index (χ0n) is 15.3. The van der Waals surface area contributed by atoms with Crippen molar-refractivity contribution in [1.29, 1.82) is 0 Å². The molecule has 1 heterocycles. The van der Waals surface area contributed by atoms with E-state index >= 15 is 0 Å². The molecule has 146 valence electrons. The Hall–Kier alpha value is -2.57. The number of amides is 1. The van der Waals surface area contributed by atoms with Crippen molar-refractivity contribution in [2.24, 2.45) is 0 Å².